The number of carbonyl (C=O) groups excluding carboxylic acids is 1. The highest BCUT2D eigenvalue weighted by atomic mass is 32.1. The summed E-state index contributed by atoms with van der Waals surface area (Å²) in [5.74, 6) is 0.602. The van der Waals surface area contributed by atoms with Crippen LogP contribution in [-0.4, -0.2) is 22.6 Å². The molecule has 0 saturated heterocycles. The van der Waals surface area contributed by atoms with E-state index in [4.69, 9.17) is 4.74 Å². The van der Waals surface area contributed by atoms with Crippen LogP contribution in [0.5, 0.6) is 5.75 Å². The Morgan fingerprint density at radius 1 is 1.44 bits per heavy atom. The van der Waals surface area contributed by atoms with Crippen molar-refractivity contribution < 1.29 is 9.53 Å². The van der Waals surface area contributed by atoms with Crippen molar-refractivity contribution in [2.24, 2.45) is 0 Å². The molecule has 0 bridgehead atoms. The zero-order valence-electron chi connectivity index (χ0n) is 10.1. The summed E-state index contributed by atoms with van der Waals surface area (Å²) >= 11 is 1.10. The van der Waals surface area contributed by atoms with Gasteiger partial charge in [0.2, 0.25) is 0 Å². The highest BCUT2D eigenvalue weighted by molar-refractivity contribution is 7.07. The number of carbonyl (C=O) groups is 1. The SMILES string of the molecule is COc1ccccc1CNC(=O)c1snnc1C. The number of methoxy groups -OCH3 is 1. The Hall–Kier alpha value is -1.95. The van der Waals surface area contributed by atoms with Gasteiger partial charge >= 0.3 is 0 Å². The summed E-state index contributed by atoms with van der Waals surface area (Å²) in [4.78, 5) is 12.4. The van der Waals surface area contributed by atoms with Crippen molar-refractivity contribution in [1.29, 1.82) is 0 Å². The molecular formula is C12H13N3O2S. The molecule has 6 heteroatoms. The van der Waals surface area contributed by atoms with Crippen molar-refractivity contribution in [2.45, 2.75) is 13.5 Å². The molecule has 1 aromatic heterocycles. The smallest absolute Gasteiger partial charge is 0.265 e. The molecule has 0 radical (unpaired) electrons. The molecule has 1 N–H and O–H groups in total. The number of aromatic nitrogens is 2. The van der Waals surface area contributed by atoms with Crippen LogP contribution in [0.1, 0.15) is 20.9 Å². The van der Waals surface area contributed by atoms with Crippen molar-refractivity contribution in [3.63, 3.8) is 0 Å². The molecule has 0 saturated carbocycles. The summed E-state index contributed by atoms with van der Waals surface area (Å²) in [6.07, 6.45) is 0. The molecule has 94 valence electrons. The topological polar surface area (TPSA) is 64.1 Å². The van der Waals surface area contributed by atoms with E-state index in [-0.39, 0.29) is 5.91 Å². The summed E-state index contributed by atoms with van der Waals surface area (Å²) in [7, 11) is 1.61. The van der Waals surface area contributed by atoms with Gasteiger partial charge in [0.05, 0.1) is 12.8 Å². The van der Waals surface area contributed by atoms with Gasteiger partial charge in [-0.2, -0.15) is 0 Å². The van der Waals surface area contributed by atoms with E-state index in [1.807, 2.05) is 24.3 Å². The predicted octanol–water partition coefficient (Wildman–Crippen LogP) is 1.79. The highest BCUT2D eigenvalue weighted by Gasteiger charge is 2.13. The van der Waals surface area contributed by atoms with E-state index in [9.17, 15) is 4.79 Å². The van der Waals surface area contributed by atoms with Crippen molar-refractivity contribution in [3.05, 3.63) is 40.4 Å². The lowest BCUT2D eigenvalue weighted by Gasteiger charge is -2.08. The molecule has 0 fully saturated rings. The average molecular weight is 263 g/mol. The second kappa shape index (κ2) is 5.59. The Kier molecular flexibility index (Phi) is 3.88. The number of benzene rings is 1. The monoisotopic (exact) mass is 263 g/mol. The molecule has 2 aromatic rings. The third-order valence-electron chi connectivity index (χ3n) is 2.49. The number of rotatable bonds is 4. The number of amides is 1. The molecule has 1 heterocycles. The predicted molar refractivity (Wildman–Crippen MR) is 68.8 cm³/mol. The molecule has 1 amide bonds. The molecule has 5 nitrogen and oxygen atoms in total. The third-order valence-corrected chi connectivity index (χ3v) is 3.32. The molecule has 0 aliphatic rings. The lowest BCUT2D eigenvalue weighted by Crippen LogP contribution is -2.22. The maximum absolute atomic E-state index is 11.9. The fourth-order valence-corrected chi connectivity index (χ4v) is 2.12. The normalized spacial score (nSPS) is 10.1. The zero-order chi connectivity index (χ0) is 13.0. The van der Waals surface area contributed by atoms with Crippen molar-refractivity contribution >= 4 is 17.4 Å². The molecule has 18 heavy (non-hydrogen) atoms. The van der Waals surface area contributed by atoms with Gasteiger partial charge in [0.1, 0.15) is 10.6 Å². The summed E-state index contributed by atoms with van der Waals surface area (Å²) in [5, 5.41) is 6.64. The molecule has 0 atom stereocenters. The Bertz CT molecular complexity index is 554. The van der Waals surface area contributed by atoms with Gasteiger partial charge in [0.15, 0.2) is 0 Å². The number of ether oxygens (including phenoxy) is 1. The summed E-state index contributed by atoms with van der Waals surface area (Å²) in [5.41, 5.74) is 1.58. The second-order valence-corrected chi connectivity index (χ2v) is 4.44. The van der Waals surface area contributed by atoms with Gasteiger partial charge in [0, 0.05) is 12.1 Å². The minimum atomic E-state index is -0.159. The van der Waals surface area contributed by atoms with E-state index >= 15 is 0 Å². The largest absolute Gasteiger partial charge is 0.496 e. The number of nitrogens with one attached hydrogen (secondary N) is 1. The van der Waals surface area contributed by atoms with Crippen LogP contribution in [0.3, 0.4) is 0 Å². The number of hydrogen-bond donors (Lipinski definition) is 1. The minimum Gasteiger partial charge on any atom is -0.496 e. The molecule has 0 aliphatic heterocycles. The van der Waals surface area contributed by atoms with Crippen LogP contribution in [0.2, 0.25) is 0 Å². The standard InChI is InChI=1S/C12H13N3O2S/c1-8-11(18-15-14-8)12(16)13-7-9-5-3-4-6-10(9)17-2/h3-6H,7H2,1-2H3,(H,13,16). The van der Waals surface area contributed by atoms with Crippen LogP contribution >= 0.6 is 11.5 Å². The molecule has 2 rings (SSSR count). The maximum atomic E-state index is 11.9. The van der Waals surface area contributed by atoms with Crippen molar-refractivity contribution in [2.75, 3.05) is 7.11 Å². The Morgan fingerprint density at radius 3 is 2.89 bits per heavy atom. The molecule has 0 aliphatic carbocycles. The summed E-state index contributed by atoms with van der Waals surface area (Å²) < 4.78 is 8.96. The first-order valence-corrected chi connectivity index (χ1v) is 6.18. The first-order chi connectivity index (χ1) is 8.72. The Labute approximate surface area is 109 Å². The minimum absolute atomic E-state index is 0.159. The number of para-hydroxylation sites is 1. The van der Waals surface area contributed by atoms with Crippen LogP contribution in [0.15, 0.2) is 24.3 Å². The molecule has 1 aromatic carbocycles. The number of aryl methyl sites for hydroxylation is 1. The van der Waals surface area contributed by atoms with E-state index < -0.39 is 0 Å². The van der Waals surface area contributed by atoms with Crippen molar-refractivity contribution in [1.82, 2.24) is 14.9 Å². The second-order valence-electron chi connectivity index (χ2n) is 3.68. The van der Waals surface area contributed by atoms with Crippen molar-refractivity contribution in [3.8, 4) is 5.75 Å². The van der Waals surface area contributed by atoms with E-state index in [0.717, 1.165) is 22.8 Å². The molecule has 0 spiro atoms. The first kappa shape index (κ1) is 12.5. The van der Waals surface area contributed by atoms with E-state index in [1.165, 1.54) is 0 Å². The lowest BCUT2D eigenvalue weighted by molar-refractivity contribution is 0.0954. The van der Waals surface area contributed by atoms with Gasteiger partial charge < -0.3 is 10.1 Å². The third kappa shape index (κ3) is 2.65. The quantitative estimate of drug-likeness (QED) is 0.913. The van der Waals surface area contributed by atoms with Gasteiger partial charge in [-0.1, -0.05) is 22.7 Å². The lowest BCUT2D eigenvalue weighted by atomic mass is 10.2. The van der Waals surface area contributed by atoms with Crippen LogP contribution in [0, 0.1) is 6.92 Å². The van der Waals surface area contributed by atoms with Crippen LogP contribution < -0.4 is 10.1 Å². The van der Waals surface area contributed by atoms with Gasteiger partial charge in [-0.15, -0.1) is 5.10 Å². The first-order valence-electron chi connectivity index (χ1n) is 5.41. The van der Waals surface area contributed by atoms with Gasteiger partial charge in [-0.05, 0) is 24.5 Å². The fourth-order valence-electron chi connectivity index (χ4n) is 1.54. The van der Waals surface area contributed by atoms with E-state index in [0.29, 0.717) is 17.1 Å². The van der Waals surface area contributed by atoms with E-state index in [1.54, 1.807) is 14.0 Å². The van der Waals surface area contributed by atoms with Gasteiger partial charge in [-0.25, -0.2) is 0 Å². The number of hydrogen-bond acceptors (Lipinski definition) is 5. The van der Waals surface area contributed by atoms with E-state index in [2.05, 4.69) is 14.9 Å². The number of nitrogens with zero attached hydrogens (tertiary/aromatic N) is 2. The maximum Gasteiger partial charge on any atom is 0.265 e. The zero-order valence-corrected chi connectivity index (χ0v) is 11.0. The fraction of sp³-hybridized carbons (Fsp3) is 0.250. The summed E-state index contributed by atoms with van der Waals surface area (Å²) in [6, 6.07) is 7.57. The Balaban J connectivity index is 2.04. The van der Waals surface area contributed by atoms with Crippen LogP contribution in [0.4, 0.5) is 0 Å². The highest BCUT2D eigenvalue weighted by Crippen LogP contribution is 2.17. The van der Waals surface area contributed by atoms with Crippen LogP contribution in [-0.2, 0) is 6.54 Å². The van der Waals surface area contributed by atoms with Crippen LogP contribution in [0.25, 0.3) is 0 Å². The van der Waals surface area contributed by atoms with Gasteiger partial charge in [-0.3, -0.25) is 4.79 Å². The molecule has 0 unspecified atom stereocenters. The van der Waals surface area contributed by atoms with Gasteiger partial charge in [0.25, 0.3) is 5.91 Å². The average Bonchev–Trinajstić information content (AvgIpc) is 2.82. The Morgan fingerprint density at radius 2 is 2.22 bits per heavy atom. The molecular weight excluding hydrogens is 250 g/mol. The summed E-state index contributed by atoms with van der Waals surface area (Å²) in [6.45, 7) is 2.18.